The molecule has 0 heterocycles. The highest BCUT2D eigenvalue weighted by molar-refractivity contribution is 5.88. The van der Waals surface area contributed by atoms with Crippen LogP contribution in [0.5, 0.6) is 0 Å². The monoisotopic (exact) mass is 219 g/mol. The zero-order valence-electron chi connectivity index (χ0n) is 7.29. The number of halogens is 6. The van der Waals surface area contributed by atoms with Crippen molar-refractivity contribution in [1.29, 1.82) is 0 Å². The minimum atomic E-state index is -4.86. The van der Waals surface area contributed by atoms with E-state index in [1.54, 1.807) is 0 Å². The first-order valence-corrected chi connectivity index (χ1v) is 3.45. The molecule has 0 aromatic heterocycles. The molecule has 0 aliphatic rings. The fourth-order valence-electron chi connectivity index (χ4n) is 0.536. The van der Waals surface area contributed by atoms with Gasteiger partial charge < -0.3 is 0 Å². The number of hydrogen-bond acceptors (Lipinski definition) is 1. The third-order valence-electron chi connectivity index (χ3n) is 1.26. The molecule has 0 bridgehead atoms. The van der Waals surface area contributed by atoms with Crippen LogP contribution in [-0.2, 0) is 0 Å². The van der Waals surface area contributed by atoms with Gasteiger partial charge in [0.2, 0.25) is 0 Å². The van der Waals surface area contributed by atoms with Gasteiger partial charge in [-0.05, 0) is 13.8 Å². The van der Waals surface area contributed by atoms with Crippen LogP contribution < -0.4 is 0 Å². The van der Waals surface area contributed by atoms with E-state index in [1.807, 2.05) is 0 Å². The van der Waals surface area contributed by atoms with Gasteiger partial charge >= 0.3 is 12.4 Å². The first kappa shape index (κ1) is 13.0. The number of aliphatic imine (C=N–C) groups is 1. The van der Waals surface area contributed by atoms with Gasteiger partial charge in [0.05, 0.1) is 0 Å². The van der Waals surface area contributed by atoms with Crippen molar-refractivity contribution in [2.45, 2.75) is 26.2 Å². The number of hydrogen-bond donors (Lipinski definition) is 0. The molecular weight excluding hydrogens is 212 g/mol. The van der Waals surface area contributed by atoms with E-state index in [0.29, 0.717) is 13.0 Å². The van der Waals surface area contributed by atoms with Crippen LogP contribution in [0.25, 0.3) is 0 Å². The highest BCUT2D eigenvalue weighted by Crippen LogP contribution is 2.28. The van der Waals surface area contributed by atoms with E-state index >= 15 is 0 Å². The average Bonchev–Trinajstić information content (AvgIpc) is 1.95. The van der Waals surface area contributed by atoms with E-state index in [1.165, 1.54) is 0 Å². The molecule has 1 nitrogen and oxygen atoms in total. The number of nitrogens with zero attached hydrogens (tertiary/aromatic N) is 1. The third kappa shape index (κ3) is 3.80. The topological polar surface area (TPSA) is 12.4 Å². The minimum Gasteiger partial charge on any atom is -0.244 e. The summed E-state index contributed by atoms with van der Waals surface area (Å²) < 4.78 is 71.2. The van der Waals surface area contributed by atoms with Crippen molar-refractivity contribution in [3.8, 4) is 0 Å². The van der Waals surface area contributed by atoms with E-state index in [-0.39, 0.29) is 0 Å². The molecule has 82 valence electrons. The minimum absolute atomic E-state index is 0.481. The van der Waals surface area contributed by atoms with Gasteiger partial charge in [-0.3, -0.25) is 0 Å². The molecule has 0 rings (SSSR count). The molecule has 0 spiro atoms. The van der Waals surface area contributed by atoms with Crippen LogP contribution in [-0.4, -0.2) is 18.1 Å². The van der Waals surface area contributed by atoms with E-state index in [2.05, 4.69) is 4.99 Å². The van der Waals surface area contributed by atoms with Gasteiger partial charge in [-0.25, -0.2) is 4.99 Å². The lowest BCUT2D eigenvalue weighted by Gasteiger charge is -2.09. The summed E-state index contributed by atoms with van der Waals surface area (Å²) in [6.45, 7) is 1.45. The van der Waals surface area contributed by atoms with Crippen molar-refractivity contribution in [1.82, 2.24) is 0 Å². The Morgan fingerprint density at radius 2 is 1.43 bits per heavy atom. The zero-order valence-corrected chi connectivity index (χ0v) is 7.29. The Kier molecular flexibility index (Phi) is 3.73. The maximum atomic E-state index is 11.9. The SMILES string of the molecule is C/C=C(\N=C(C)C(F)(F)F)C(F)(F)F. The maximum absolute atomic E-state index is 11.9. The molecule has 0 radical (unpaired) electrons. The lowest BCUT2D eigenvalue weighted by molar-refractivity contribution is -0.0932. The van der Waals surface area contributed by atoms with Crippen molar-refractivity contribution in [2.75, 3.05) is 0 Å². The van der Waals surface area contributed by atoms with Crippen molar-refractivity contribution in [2.24, 2.45) is 4.99 Å². The average molecular weight is 219 g/mol. The second-order valence-electron chi connectivity index (χ2n) is 2.37. The quantitative estimate of drug-likeness (QED) is 0.473. The van der Waals surface area contributed by atoms with Crippen LogP contribution in [0.4, 0.5) is 26.3 Å². The number of rotatable bonds is 1. The van der Waals surface area contributed by atoms with Crippen LogP contribution in [0, 0.1) is 0 Å². The molecule has 7 heteroatoms. The third-order valence-corrected chi connectivity index (χ3v) is 1.26. The second-order valence-corrected chi connectivity index (χ2v) is 2.37. The Labute approximate surface area is 76.1 Å². The van der Waals surface area contributed by atoms with Crippen LogP contribution >= 0.6 is 0 Å². The molecule has 0 aliphatic carbocycles. The summed E-state index contributed by atoms with van der Waals surface area (Å²) in [6, 6.07) is 0. The highest BCUT2D eigenvalue weighted by atomic mass is 19.4. The van der Waals surface area contributed by atoms with E-state index < -0.39 is 23.8 Å². The summed E-state index contributed by atoms with van der Waals surface area (Å²) in [5.41, 5.74) is -3.07. The summed E-state index contributed by atoms with van der Waals surface area (Å²) in [4.78, 5) is 2.47. The van der Waals surface area contributed by atoms with Gasteiger partial charge in [-0.2, -0.15) is 26.3 Å². The molecule has 0 aromatic rings. The molecule has 0 saturated heterocycles. The van der Waals surface area contributed by atoms with Gasteiger partial charge in [-0.15, -0.1) is 0 Å². The summed E-state index contributed by atoms with van der Waals surface area (Å²) in [5.74, 6) is 0. The van der Waals surface area contributed by atoms with Gasteiger partial charge in [0.15, 0.2) is 0 Å². The summed E-state index contributed by atoms with van der Waals surface area (Å²) in [5, 5.41) is 0. The zero-order chi connectivity index (χ0) is 11.6. The lowest BCUT2D eigenvalue weighted by atomic mass is 10.3. The predicted molar refractivity (Wildman–Crippen MR) is 39.0 cm³/mol. The van der Waals surface area contributed by atoms with Crippen molar-refractivity contribution in [3.05, 3.63) is 11.8 Å². The van der Waals surface area contributed by atoms with Gasteiger partial charge in [0.25, 0.3) is 0 Å². The molecular formula is C7H7F6N. The summed E-state index contributed by atoms with van der Waals surface area (Å²) >= 11 is 0. The maximum Gasteiger partial charge on any atom is 0.433 e. The Morgan fingerprint density at radius 3 is 1.64 bits per heavy atom. The van der Waals surface area contributed by atoms with Gasteiger partial charge in [0.1, 0.15) is 11.4 Å². The lowest BCUT2D eigenvalue weighted by Crippen LogP contribution is -2.21. The number of allylic oxidation sites excluding steroid dienone is 2. The summed E-state index contributed by atoms with van der Waals surface area (Å²) in [6.07, 6.45) is -9.21. The molecule has 0 aliphatic heterocycles. The fourth-order valence-corrected chi connectivity index (χ4v) is 0.536. The first-order valence-electron chi connectivity index (χ1n) is 3.45. The Morgan fingerprint density at radius 1 is 1.00 bits per heavy atom. The molecule has 0 aromatic carbocycles. The van der Waals surface area contributed by atoms with Crippen molar-refractivity contribution < 1.29 is 26.3 Å². The van der Waals surface area contributed by atoms with Gasteiger partial charge in [-0.1, -0.05) is 6.08 Å². The van der Waals surface area contributed by atoms with Crippen molar-refractivity contribution >= 4 is 5.71 Å². The van der Waals surface area contributed by atoms with Gasteiger partial charge in [0, 0.05) is 0 Å². The Balaban J connectivity index is 4.99. The largest absolute Gasteiger partial charge is 0.433 e. The fraction of sp³-hybridized carbons (Fsp3) is 0.571. The molecule has 0 atom stereocenters. The van der Waals surface area contributed by atoms with E-state index in [9.17, 15) is 26.3 Å². The predicted octanol–water partition coefficient (Wildman–Crippen LogP) is 3.48. The van der Waals surface area contributed by atoms with E-state index in [4.69, 9.17) is 0 Å². The standard InChI is InChI=1S/C7H7F6N/c1-3-5(7(11,12)13)14-4(2)6(8,9)10/h3H,1-2H3/b5-3-,14-4?. The second kappa shape index (κ2) is 4.02. The molecule has 0 saturated carbocycles. The normalized spacial score (nSPS) is 16.0. The number of alkyl halides is 6. The Bertz CT molecular complexity index is 256. The van der Waals surface area contributed by atoms with E-state index in [0.717, 1.165) is 6.92 Å². The molecule has 0 amide bonds. The smallest absolute Gasteiger partial charge is 0.244 e. The Hall–Kier alpha value is -1.01. The molecule has 0 N–H and O–H groups in total. The van der Waals surface area contributed by atoms with Crippen LogP contribution in [0.1, 0.15) is 13.8 Å². The molecule has 14 heavy (non-hydrogen) atoms. The summed E-state index contributed by atoms with van der Waals surface area (Å²) in [7, 11) is 0. The van der Waals surface area contributed by atoms with Crippen LogP contribution in [0.15, 0.2) is 16.8 Å². The highest BCUT2D eigenvalue weighted by Gasteiger charge is 2.37. The van der Waals surface area contributed by atoms with Crippen molar-refractivity contribution in [3.63, 3.8) is 0 Å². The first-order chi connectivity index (χ1) is 6.09. The molecule has 0 fully saturated rings. The molecule has 0 unspecified atom stereocenters. The van der Waals surface area contributed by atoms with Crippen LogP contribution in [0.3, 0.4) is 0 Å². The van der Waals surface area contributed by atoms with Crippen LogP contribution in [0.2, 0.25) is 0 Å².